The fourth-order valence-electron chi connectivity index (χ4n) is 3.53. The number of nitrogens with zero attached hydrogens (tertiary/aromatic N) is 4. The molecular weight excluding hydrogens is 417 g/mol. The summed E-state index contributed by atoms with van der Waals surface area (Å²) in [6.07, 6.45) is 0. The van der Waals surface area contributed by atoms with Crippen LogP contribution >= 0.6 is 11.6 Å². The van der Waals surface area contributed by atoms with Gasteiger partial charge in [0.25, 0.3) is 5.91 Å². The standard InChI is InChI=1S/C23H23ClFN5O/c1-15-3-6-18(7-4-15)28-21-14-22(27-16(2)26-21)29-9-11-30(12-10-29)23(31)19-8-5-17(25)13-20(19)24/h3-8,13-14H,9-12H2,1-2H3,(H,26,27,28). The number of carbonyl (C=O) groups is 1. The van der Waals surface area contributed by atoms with E-state index < -0.39 is 5.82 Å². The molecular formula is C23H23ClFN5O. The molecule has 0 aliphatic carbocycles. The summed E-state index contributed by atoms with van der Waals surface area (Å²) in [4.78, 5) is 25.7. The van der Waals surface area contributed by atoms with E-state index in [1.54, 1.807) is 4.90 Å². The molecule has 1 aromatic heterocycles. The van der Waals surface area contributed by atoms with E-state index in [1.165, 1.54) is 17.7 Å². The van der Waals surface area contributed by atoms with Gasteiger partial charge in [-0.1, -0.05) is 29.3 Å². The van der Waals surface area contributed by atoms with Crippen molar-refractivity contribution in [3.05, 3.63) is 76.3 Å². The molecule has 1 aliphatic heterocycles. The van der Waals surface area contributed by atoms with Crippen LogP contribution in [0.5, 0.6) is 0 Å². The van der Waals surface area contributed by atoms with Gasteiger partial charge in [-0.05, 0) is 44.2 Å². The first-order valence-electron chi connectivity index (χ1n) is 10.1. The van der Waals surface area contributed by atoms with Gasteiger partial charge in [0.2, 0.25) is 0 Å². The molecule has 0 spiro atoms. The second-order valence-corrected chi connectivity index (χ2v) is 7.96. The van der Waals surface area contributed by atoms with Crippen LogP contribution in [0.25, 0.3) is 0 Å². The lowest BCUT2D eigenvalue weighted by Gasteiger charge is -2.35. The Morgan fingerprint density at radius 2 is 1.71 bits per heavy atom. The summed E-state index contributed by atoms with van der Waals surface area (Å²) in [5.41, 5.74) is 2.47. The summed E-state index contributed by atoms with van der Waals surface area (Å²) in [5, 5.41) is 3.45. The SMILES string of the molecule is Cc1ccc(Nc2cc(N3CCN(C(=O)c4ccc(F)cc4Cl)CC3)nc(C)n2)cc1. The van der Waals surface area contributed by atoms with Crippen molar-refractivity contribution >= 4 is 34.8 Å². The molecule has 6 nitrogen and oxygen atoms in total. The predicted molar refractivity (Wildman–Crippen MR) is 121 cm³/mol. The molecule has 0 radical (unpaired) electrons. The van der Waals surface area contributed by atoms with Crippen LogP contribution in [-0.2, 0) is 0 Å². The molecule has 0 saturated carbocycles. The lowest BCUT2D eigenvalue weighted by Crippen LogP contribution is -2.49. The van der Waals surface area contributed by atoms with E-state index in [1.807, 2.05) is 44.2 Å². The van der Waals surface area contributed by atoms with Gasteiger partial charge in [-0.2, -0.15) is 0 Å². The van der Waals surface area contributed by atoms with Crippen molar-refractivity contribution in [2.45, 2.75) is 13.8 Å². The van der Waals surface area contributed by atoms with Gasteiger partial charge < -0.3 is 15.1 Å². The maximum Gasteiger partial charge on any atom is 0.255 e. The lowest BCUT2D eigenvalue weighted by atomic mass is 10.1. The molecule has 1 aliphatic rings. The zero-order valence-corrected chi connectivity index (χ0v) is 18.2. The second kappa shape index (κ2) is 8.89. The topological polar surface area (TPSA) is 61.4 Å². The number of piperazine rings is 1. The Bertz CT molecular complexity index is 1100. The van der Waals surface area contributed by atoms with Crippen molar-refractivity contribution in [2.75, 3.05) is 36.4 Å². The van der Waals surface area contributed by atoms with Crippen LogP contribution in [0, 0.1) is 19.7 Å². The minimum absolute atomic E-state index is 0.130. The molecule has 1 N–H and O–H groups in total. The highest BCUT2D eigenvalue weighted by Crippen LogP contribution is 2.23. The maximum atomic E-state index is 13.3. The zero-order chi connectivity index (χ0) is 22.0. The fraction of sp³-hybridized carbons (Fsp3) is 0.261. The third-order valence-corrected chi connectivity index (χ3v) is 5.51. The van der Waals surface area contributed by atoms with E-state index in [0.717, 1.165) is 23.4 Å². The number of benzene rings is 2. The molecule has 1 fully saturated rings. The number of hydrogen-bond acceptors (Lipinski definition) is 5. The molecule has 0 atom stereocenters. The first-order chi connectivity index (χ1) is 14.9. The number of hydrogen-bond donors (Lipinski definition) is 1. The number of carbonyl (C=O) groups excluding carboxylic acids is 1. The number of amides is 1. The van der Waals surface area contributed by atoms with Crippen molar-refractivity contribution in [2.24, 2.45) is 0 Å². The van der Waals surface area contributed by atoms with E-state index >= 15 is 0 Å². The first-order valence-corrected chi connectivity index (χ1v) is 10.5. The Hall–Kier alpha value is -3.19. The highest BCUT2D eigenvalue weighted by Gasteiger charge is 2.25. The monoisotopic (exact) mass is 439 g/mol. The van der Waals surface area contributed by atoms with Crippen LogP contribution in [0.3, 0.4) is 0 Å². The van der Waals surface area contributed by atoms with Crippen molar-refractivity contribution in [3.63, 3.8) is 0 Å². The zero-order valence-electron chi connectivity index (χ0n) is 17.4. The number of nitrogens with one attached hydrogen (secondary N) is 1. The third kappa shape index (κ3) is 4.94. The van der Waals surface area contributed by atoms with Crippen LogP contribution in [-0.4, -0.2) is 47.0 Å². The largest absolute Gasteiger partial charge is 0.353 e. The summed E-state index contributed by atoms with van der Waals surface area (Å²) in [7, 11) is 0. The summed E-state index contributed by atoms with van der Waals surface area (Å²) in [5.74, 6) is 1.56. The van der Waals surface area contributed by atoms with Gasteiger partial charge in [-0.25, -0.2) is 14.4 Å². The van der Waals surface area contributed by atoms with Gasteiger partial charge in [-0.15, -0.1) is 0 Å². The molecule has 160 valence electrons. The van der Waals surface area contributed by atoms with Gasteiger partial charge in [0.15, 0.2) is 0 Å². The molecule has 1 saturated heterocycles. The minimum atomic E-state index is -0.458. The van der Waals surface area contributed by atoms with Crippen LogP contribution in [0.15, 0.2) is 48.5 Å². The summed E-state index contributed by atoms with van der Waals surface area (Å²) in [6, 6.07) is 13.9. The van der Waals surface area contributed by atoms with Crippen molar-refractivity contribution in [1.29, 1.82) is 0 Å². The van der Waals surface area contributed by atoms with E-state index in [-0.39, 0.29) is 10.9 Å². The van der Waals surface area contributed by atoms with Gasteiger partial charge in [0, 0.05) is 37.9 Å². The van der Waals surface area contributed by atoms with E-state index in [0.29, 0.717) is 37.6 Å². The van der Waals surface area contributed by atoms with Gasteiger partial charge in [-0.3, -0.25) is 4.79 Å². The Morgan fingerprint density at radius 3 is 2.39 bits per heavy atom. The highest BCUT2D eigenvalue weighted by molar-refractivity contribution is 6.33. The first kappa shape index (κ1) is 21.1. The van der Waals surface area contributed by atoms with Crippen LogP contribution in [0.1, 0.15) is 21.7 Å². The minimum Gasteiger partial charge on any atom is -0.353 e. The predicted octanol–water partition coefficient (Wildman–Crippen LogP) is 4.59. The van der Waals surface area contributed by atoms with Gasteiger partial charge >= 0.3 is 0 Å². The van der Waals surface area contributed by atoms with Crippen LogP contribution in [0.2, 0.25) is 5.02 Å². The molecule has 1 amide bonds. The van der Waals surface area contributed by atoms with E-state index in [4.69, 9.17) is 11.6 Å². The van der Waals surface area contributed by atoms with Crippen molar-refractivity contribution in [1.82, 2.24) is 14.9 Å². The van der Waals surface area contributed by atoms with Gasteiger partial charge in [0.1, 0.15) is 23.3 Å². The highest BCUT2D eigenvalue weighted by atomic mass is 35.5. The third-order valence-electron chi connectivity index (χ3n) is 5.20. The number of anilines is 3. The Kier molecular flexibility index (Phi) is 6.04. The Labute approximate surface area is 185 Å². The van der Waals surface area contributed by atoms with Crippen molar-refractivity contribution in [3.8, 4) is 0 Å². The Balaban J connectivity index is 1.44. The number of aryl methyl sites for hydroxylation is 2. The molecule has 0 unspecified atom stereocenters. The number of halogens is 2. The van der Waals surface area contributed by atoms with E-state index in [2.05, 4.69) is 20.2 Å². The second-order valence-electron chi connectivity index (χ2n) is 7.55. The fourth-order valence-corrected chi connectivity index (χ4v) is 3.78. The molecule has 31 heavy (non-hydrogen) atoms. The van der Waals surface area contributed by atoms with Crippen molar-refractivity contribution < 1.29 is 9.18 Å². The summed E-state index contributed by atoms with van der Waals surface area (Å²) >= 11 is 6.06. The summed E-state index contributed by atoms with van der Waals surface area (Å²) < 4.78 is 13.3. The molecule has 2 heterocycles. The number of aromatic nitrogens is 2. The molecule has 0 bridgehead atoms. The maximum absolute atomic E-state index is 13.3. The molecule has 2 aromatic carbocycles. The molecule has 4 rings (SSSR count). The Morgan fingerprint density at radius 1 is 1.00 bits per heavy atom. The van der Waals surface area contributed by atoms with Crippen LogP contribution < -0.4 is 10.2 Å². The van der Waals surface area contributed by atoms with Gasteiger partial charge in [0.05, 0.1) is 10.6 Å². The molecule has 8 heteroatoms. The lowest BCUT2D eigenvalue weighted by molar-refractivity contribution is 0.0746. The van der Waals surface area contributed by atoms with E-state index in [9.17, 15) is 9.18 Å². The normalized spacial score (nSPS) is 13.9. The molecule has 3 aromatic rings. The number of rotatable bonds is 4. The average Bonchev–Trinajstić information content (AvgIpc) is 2.75. The average molecular weight is 440 g/mol. The smallest absolute Gasteiger partial charge is 0.255 e. The van der Waals surface area contributed by atoms with Crippen LogP contribution in [0.4, 0.5) is 21.7 Å². The summed E-state index contributed by atoms with van der Waals surface area (Å²) in [6.45, 7) is 6.22. The quantitative estimate of drug-likeness (QED) is 0.644.